The molecule has 19 heavy (non-hydrogen) atoms. The van der Waals surface area contributed by atoms with Crippen molar-refractivity contribution in [2.24, 2.45) is 5.92 Å². The molecule has 1 fully saturated rings. The van der Waals surface area contributed by atoms with Gasteiger partial charge in [-0.05, 0) is 18.8 Å². The molecule has 0 bridgehead atoms. The highest BCUT2D eigenvalue weighted by Crippen LogP contribution is 2.23. The average molecular weight is 265 g/mol. The van der Waals surface area contributed by atoms with Crippen LogP contribution >= 0.6 is 0 Å². The zero-order chi connectivity index (χ0) is 13.8. The summed E-state index contributed by atoms with van der Waals surface area (Å²) in [5.41, 5.74) is -0.151. The summed E-state index contributed by atoms with van der Waals surface area (Å²) in [5, 5.41) is 8.86. The number of hydrogen-bond donors (Lipinski definition) is 2. The van der Waals surface area contributed by atoms with Gasteiger partial charge in [0.2, 0.25) is 0 Å². The molecule has 1 aliphatic rings. The van der Waals surface area contributed by atoms with Crippen LogP contribution in [0.15, 0.2) is 10.9 Å². The summed E-state index contributed by atoms with van der Waals surface area (Å²) in [4.78, 5) is 31.5. The molecule has 0 amide bonds. The summed E-state index contributed by atoms with van der Waals surface area (Å²) < 4.78 is 0. The first-order chi connectivity index (χ1) is 9.08. The number of aromatic amines is 1. The maximum absolute atomic E-state index is 11.6. The lowest BCUT2D eigenvalue weighted by Crippen LogP contribution is -2.37. The highest BCUT2D eigenvalue weighted by atomic mass is 16.4. The Bertz CT molecular complexity index is 512. The number of carboxylic acid groups (broad SMARTS) is 1. The van der Waals surface area contributed by atoms with Crippen molar-refractivity contribution in [1.82, 2.24) is 9.97 Å². The van der Waals surface area contributed by atoms with E-state index in [9.17, 15) is 9.59 Å². The van der Waals surface area contributed by atoms with Crippen molar-refractivity contribution >= 4 is 11.8 Å². The van der Waals surface area contributed by atoms with E-state index < -0.39 is 5.97 Å². The number of carbonyl (C=O) groups is 1. The molecule has 1 saturated heterocycles. The second-order valence-corrected chi connectivity index (χ2v) is 4.96. The van der Waals surface area contributed by atoms with Gasteiger partial charge < -0.3 is 15.0 Å². The van der Waals surface area contributed by atoms with Crippen molar-refractivity contribution in [3.63, 3.8) is 0 Å². The Morgan fingerprint density at radius 2 is 2.42 bits per heavy atom. The van der Waals surface area contributed by atoms with Gasteiger partial charge in [-0.2, -0.15) is 0 Å². The number of piperidine rings is 1. The van der Waals surface area contributed by atoms with Gasteiger partial charge in [-0.1, -0.05) is 6.92 Å². The van der Waals surface area contributed by atoms with Crippen molar-refractivity contribution < 1.29 is 9.90 Å². The normalized spacial score (nSPS) is 19.4. The van der Waals surface area contributed by atoms with E-state index in [-0.39, 0.29) is 17.9 Å². The third-order valence-electron chi connectivity index (χ3n) is 3.42. The summed E-state index contributed by atoms with van der Waals surface area (Å²) in [6.07, 6.45) is 2.72. The minimum Gasteiger partial charge on any atom is -0.481 e. The van der Waals surface area contributed by atoms with Crippen LogP contribution in [-0.2, 0) is 11.2 Å². The van der Waals surface area contributed by atoms with Crippen molar-refractivity contribution in [3.05, 3.63) is 22.2 Å². The van der Waals surface area contributed by atoms with Crippen molar-refractivity contribution in [2.75, 3.05) is 18.0 Å². The molecular formula is C13H19N3O3. The van der Waals surface area contributed by atoms with Crippen LogP contribution in [0.4, 0.5) is 5.82 Å². The molecule has 0 aromatic carbocycles. The smallest absolute Gasteiger partial charge is 0.303 e. The van der Waals surface area contributed by atoms with Gasteiger partial charge in [-0.15, -0.1) is 0 Å². The Morgan fingerprint density at radius 1 is 1.63 bits per heavy atom. The topological polar surface area (TPSA) is 86.3 Å². The van der Waals surface area contributed by atoms with Gasteiger partial charge >= 0.3 is 5.97 Å². The van der Waals surface area contributed by atoms with E-state index in [2.05, 4.69) is 9.97 Å². The molecule has 1 atom stereocenters. The van der Waals surface area contributed by atoms with Gasteiger partial charge in [0.05, 0.1) is 0 Å². The monoisotopic (exact) mass is 265 g/mol. The van der Waals surface area contributed by atoms with Crippen molar-refractivity contribution in [3.8, 4) is 0 Å². The van der Waals surface area contributed by atoms with Crippen LogP contribution in [0.25, 0.3) is 0 Å². The summed E-state index contributed by atoms with van der Waals surface area (Å²) in [7, 11) is 0. The van der Waals surface area contributed by atoms with Gasteiger partial charge in [-0.25, -0.2) is 4.98 Å². The first-order valence-corrected chi connectivity index (χ1v) is 6.65. The predicted octanol–water partition coefficient (Wildman–Crippen LogP) is 1.02. The molecule has 0 radical (unpaired) electrons. The largest absolute Gasteiger partial charge is 0.481 e. The molecule has 0 aliphatic carbocycles. The molecule has 2 rings (SSSR count). The van der Waals surface area contributed by atoms with Crippen LogP contribution in [0.5, 0.6) is 0 Å². The molecule has 104 valence electrons. The Hall–Kier alpha value is -1.85. The second-order valence-electron chi connectivity index (χ2n) is 4.96. The summed E-state index contributed by atoms with van der Waals surface area (Å²) in [5.74, 6) is 0.705. The molecule has 1 aliphatic heterocycles. The zero-order valence-electron chi connectivity index (χ0n) is 11.1. The van der Waals surface area contributed by atoms with Gasteiger partial charge in [-0.3, -0.25) is 9.59 Å². The first kappa shape index (κ1) is 13.6. The predicted molar refractivity (Wildman–Crippen MR) is 71.4 cm³/mol. The number of nitrogens with zero attached hydrogens (tertiary/aromatic N) is 2. The van der Waals surface area contributed by atoms with Crippen LogP contribution < -0.4 is 10.5 Å². The SMILES string of the molecule is CCc1nc(N2CCCC(CC(=O)O)C2)cc(=O)[nH]1. The molecule has 0 saturated carbocycles. The standard InChI is InChI=1S/C13H19N3O3/c1-2-10-14-11(7-12(17)15-10)16-5-3-4-9(8-16)6-13(18)19/h7,9H,2-6,8H2,1H3,(H,18,19)(H,14,15,17). The molecule has 6 nitrogen and oxygen atoms in total. The number of rotatable bonds is 4. The van der Waals surface area contributed by atoms with E-state index in [1.165, 1.54) is 6.07 Å². The van der Waals surface area contributed by atoms with Crippen molar-refractivity contribution in [1.29, 1.82) is 0 Å². The molecule has 6 heteroatoms. The van der Waals surface area contributed by atoms with Crippen LogP contribution in [0.1, 0.15) is 32.0 Å². The minimum absolute atomic E-state index is 0.136. The number of aromatic nitrogens is 2. The molecular weight excluding hydrogens is 246 g/mol. The van der Waals surface area contributed by atoms with Crippen molar-refractivity contribution in [2.45, 2.75) is 32.6 Å². The highest BCUT2D eigenvalue weighted by molar-refractivity contribution is 5.67. The number of aryl methyl sites for hydroxylation is 1. The van der Waals surface area contributed by atoms with Crippen LogP contribution in [-0.4, -0.2) is 34.1 Å². The van der Waals surface area contributed by atoms with Gasteiger partial charge in [0, 0.05) is 32.0 Å². The molecule has 1 aromatic rings. The molecule has 0 spiro atoms. The maximum atomic E-state index is 11.6. The van der Waals surface area contributed by atoms with E-state index in [1.807, 2.05) is 11.8 Å². The second kappa shape index (κ2) is 5.86. The number of carboxylic acids is 1. The van der Waals surface area contributed by atoms with E-state index in [0.717, 1.165) is 19.4 Å². The Kier molecular flexibility index (Phi) is 4.19. The molecule has 1 unspecified atom stereocenters. The Balaban J connectivity index is 2.14. The van der Waals surface area contributed by atoms with E-state index >= 15 is 0 Å². The Morgan fingerprint density at radius 3 is 3.11 bits per heavy atom. The number of hydrogen-bond acceptors (Lipinski definition) is 4. The fraction of sp³-hybridized carbons (Fsp3) is 0.615. The third kappa shape index (κ3) is 3.56. The quantitative estimate of drug-likeness (QED) is 0.849. The van der Waals surface area contributed by atoms with Gasteiger partial charge in [0.15, 0.2) is 0 Å². The average Bonchev–Trinajstić information content (AvgIpc) is 2.37. The summed E-state index contributed by atoms with van der Waals surface area (Å²) in [6.45, 7) is 3.42. The van der Waals surface area contributed by atoms with Crippen LogP contribution in [0, 0.1) is 5.92 Å². The molecule has 2 N–H and O–H groups in total. The van der Waals surface area contributed by atoms with Gasteiger partial charge in [0.1, 0.15) is 11.6 Å². The minimum atomic E-state index is -0.764. The first-order valence-electron chi connectivity index (χ1n) is 6.65. The lowest BCUT2D eigenvalue weighted by atomic mass is 9.95. The van der Waals surface area contributed by atoms with Gasteiger partial charge in [0.25, 0.3) is 5.56 Å². The molecule has 1 aromatic heterocycles. The zero-order valence-corrected chi connectivity index (χ0v) is 11.1. The number of nitrogens with one attached hydrogen (secondary N) is 1. The lowest BCUT2D eigenvalue weighted by Gasteiger charge is -2.32. The fourth-order valence-corrected chi connectivity index (χ4v) is 2.51. The molecule has 2 heterocycles. The number of anilines is 1. The van der Waals surface area contributed by atoms with Crippen LogP contribution in [0.2, 0.25) is 0 Å². The lowest BCUT2D eigenvalue weighted by molar-refractivity contribution is -0.138. The van der Waals surface area contributed by atoms with E-state index in [0.29, 0.717) is 24.6 Å². The van der Waals surface area contributed by atoms with Crippen LogP contribution in [0.3, 0.4) is 0 Å². The third-order valence-corrected chi connectivity index (χ3v) is 3.42. The maximum Gasteiger partial charge on any atom is 0.303 e. The highest BCUT2D eigenvalue weighted by Gasteiger charge is 2.23. The van der Waals surface area contributed by atoms with E-state index in [4.69, 9.17) is 5.11 Å². The fourth-order valence-electron chi connectivity index (χ4n) is 2.51. The van der Waals surface area contributed by atoms with E-state index in [1.54, 1.807) is 0 Å². The summed E-state index contributed by atoms with van der Waals surface area (Å²) >= 11 is 0. The number of aliphatic carboxylic acids is 1. The summed E-state index contributed by atoms with van der Waals surface area (Å²) in [6, 6.07) is 1.49. The number of H-pyrrole nitrogens is 1. The Labute approximate surface area is 111 Å².